The number of rotatable bonds is 1. The number of carbonyl (C=O) groups is 1. The summed E-state index contributed by atoms with van der Waals surface area (Å²) in [7, 11) is 0. The fourth-order valence-electron chi connectivity index (χ4n) is 1.05. The van der Waals surface area contributed by atoms with Crippen molar-refractivity contribution in [3.05, 3.63) is 29.3 Å². The Balaban J connectivity index is 3.22. The van der Waals surface area contributed by atoms with Crippen LogP contribution < -0.4 is 5.32 Å². The lowest BCUT2D eigenvalue weighted by Gasteiger charge is -2.10. The number of benzene rings is 1. The van der Waals surface area contributed by atoms with E-state index in [4.69, 9.17) is 0 Å². The van der Waals surface area contributed by atoms with Crippen molar-refractivity contribution in [1.29, 1.82) is 0 Å². The number of halogens is 5. The number of nitrogens with one attached hydrogen (secondary N) is 1. The summed E-state index contributed by atoms with van der Waals surface area (Å²) in [6.45, 7) is 1.02. The smallest absolute Gasteiger partial charge is 0.324 e. The maximum absolute atomic E-state index is 13.0. The topological polar surface area (TPSA) is 29.1 Å². The highest BCUT2D eigenvalue weighted by Crippen LogP contribution is 2.33. The summed E-state index contributed by atoms with van der Waals surface area (Å²) in [4.78, 5) is 10.5. The molecular formula is C9H6F5NO. The molecule has 16 heavy (non-hydrogen) atoms. The Labute approximate surface area is 87.1 Å². The summed E-state index contributed by atoms with van der Waals surface area (Å²) >= 11 is 0. The van der Waals surface area contributed by atoms with Gasteiger partial charge in [0.1, 0.15) is 11.6 Å². The van der Waals surface area contributed by atoms with Crippen molar-refractivity contribution in [2.24, 2.45) is 0 Å². The molecule has 0 radical (unpaired) electrons. The fourth-order valence-corrected chi connectivity index (χ4v) is 1.05. The van der Waals surface area contributed by atoms with Crippen molar-refractivity contribution in [3.63, 3.8) is 0 Å². The van der Waals surface area contributed by atoms with Gasteiger partial charge in [-0.05, 0) is 6.07 Å². The second-order valence-electron chi connectivity index (χ2n) is 2.99. The van der Waals surface area contributed by atoms with Gasteiger partial charge in [0, 0.05) is 13.0 Å². The third-order valence-electron chi connectivity index (χ3n) is 1.67. The normalized spacial score (nSPS) is 11.4. The van der Waals surface area contributed by atoms with Crippen molar-refractivity contribution in [1.82, 2.24) is 0 Å². The van der Waals surface area contributed by atoms with E-state index in [2.05, 4.69) is 0 Å². The molecule has 1 N–H and O–H groups in total. The van der Waals surface area contributed by atoms with Crippen LogP contribution in [0, 0.1) is 11.6 Å². The highest BCUT2D eigenvalue weighted by atomic mass is 19.4. The van der Waals surface area contributed by atoms with Gasteiger partial charge in [-0.25, -0.2) is 8.78 Å². The predicted octanol–water partition coefficient (Wildman–Crippen LogP) is 2.94. The number of carbonyl (C=O) groups excluding carboxylic acids is 1. The number of hydrogen-bond donors (Lipinski definition) is 1. The lowest BCUT2D eigenvalue weighted by molar-refractivity contribution is -0.140. The number of amides is 1. The van der Waals surface area contributed by atoms with Gasteiger partial charge in [-0.15, -0.1) is 0 Å². The molecule has 0 atom stereocenters. The fraction of sp³-hybridized carbons (Fsp3) is 0.222. The average Bonchev–Trinajstić information content (AvgIpc) is 2.07. The Hall–Kier alpha value is -1.66. The molecule has 2 nitrogen and oxygen atoms in total. The molecule has 0 aliphatic carbocycles. The van der Waals surface area contributed by atoms with E-state index in [1.165, 1.54) is 0 Å². The molecule has 1 aromatic rings. The van der Waals surface area contributed by atoms with Crippen LogP contribution in [-0.2, 0) is 11.0 Å². The van der Waals surface area contributed by atoms with Crippen molar-refractivity contribution >= 4 is 11.6 Å². The summed E-state index contributed by atoms with van der Waals surface area (Å²) < 4.78 is 62.4. The maximum atomic E-state index is 13.0. The van der Waals surface area contributed by atoms with Crippen LogP contribution in [0.4, 0.5) is 27.6 Å². The molecule has 1 amide bonds. The highest BCUT2D eigenvalue weighted by Gasteiger charge is 2.35. The van der Waals surface area contributed by atoms with Crippen LogP contribution in [0.3, 0.4) is 0 Å². The molecule has 0 aliphatic rings. The predicted molar refractivity (Wildman–Crippen MR) is 45.7 cm³/mol. The molecule has 0 spiro atoms. The molecular weight excluding hydrogens is 233 g/mol. The molecule has 0 aliphatic heterocycles. The van der Waals surface area contributed by atoms with Crippen molar-refractivity contribution in [2.75, 3.05) is 5.32 Å². The van der Waals surface area contributed by atoms with Crippen LogP contribution in [0.5, 0.6) is 0 Å². The third-order valence-corrected chi connectivity index (χ3v) is 1.67. The van der Waals surface area contributed by atoms with E-state index >= 15 is 0 Å². The van der Waals surface area contributed by atoms with E-state index in [1.54, 1.807) is 0 Å². The first-order valence-electron chi connectivity index (χ1n) is 4.05. The van der Waals surface area contributed by atoms with Gasteiger partial charge < -0.3 is 5.32 Å². The van der Waals surface area contributed by atoms with Crippen LogP contribution in [0.15, 0.2) is 12.1 Å². The van der Waals surface area contributed by atoms with E-state index in [-0.39, 0.29) is 6.07 Å². The van der Waals surface area contributed by atoms with E-state index in [0.717, 1.165) is 6.92 Å². The Morgan fingerprint density at radius 1 is 1.19 bits per heavy atom. The van der Waals surface area contributed by atoms with E-state index < -0.39 is 35.0 Å². The van der Waals surface area contributed by atoms with Crippen molar-refractivity contribution in [3.8, 4) is 0 Å². The number of anilines is 1. The maximum Gasteiger partial charge on any atom is 0.419 e. The van der Waals surface area contributed by atoms with Gasteiger partial charge in [-0.1, -0.05) is 0 Å². The van der Waals surface area contributed by atoms with Gasteiger partial charge in [-0.3, -0.25) is 4.79 Å². The molecule has 7 heteroatoms. The molecule has 1 aromatic carbocycles. The first-order valence-corrected chi connectivity index (χ1v) is 4.05. The van der Waals surface area contributed by atoms with Crippen molar-refractivity contribution < 1.29 is 26.7 Å². The quantitative estimate of drug-likeness (QED) is 0.750. The lowest BCUT2D eigenvalue weighted by atomic mass is 10.1. The van der Waals surface area contributed by atoms with Gasteiger partial charge in [0.2, 0.25) is 5.91 Å². The minimum Gasteiger partial charge on any atom is -0.324 e. The summed E-state index contributed by atoms with van der Waals surface area (Å²) in [6.07, 6.45) is -4.97. The van der Waals surface area contributed by atoms with Crippen molar-refractivity contribution in [2.45, 2.75) is 13.1 Å². The van der Waals surface area contributed by atoms with Crippen LogP contribution in [0.1, 0.15) is 12.5 Å². The zero-order chi connectivity index (χ0) is 12.5. The average molecular weight is 239 g/mol. The number of hydrogen-bond acceptors (Lipinski definition) is 1. The zero-order valence-electron chi connectivity index (χ0n) is 7.95. The molecule has 0 fully saturated rings. The first kappa shape index (κ1) is 12.4. The molecule has 0 aromatic heterocycles. The van der Waals surface area contributed by atoms with Gasteiger partial charge >= 0.3 is 6.18 Å². The van der Waals surface area contributed by atoms with Gasteiger partial charge in [0.05, 0.1) is 11.3 Å². The molecule has 1 rings (SSSR count). The monoisotopic (exact) mass is 239 g/mol. The van der Waals surface area contributed by atoms with Crippen LogP contribution >= 0.6 is 0 Å². The molecule has 0 unspecified atom stereocenters. The molecule has 0 heterocycles. The Morgan fingerprint density at radius 2 is 1.75 bits per heavy atom. The molecule has 88 valence electrons. The Bertz CT molecular complexity index is 427. The first-order chi connectivity index (χ1) is 7.21. The molecule has 0 bridgehead atoms. The second-order valence-corrected chi connectivity index (χ2v) is 2.99. The SMILES string of the molecule is CC(=O)Nc1cc(F)c(C(F)(F)F)cc1F. The lowest BCUT2D eigenvalue weighted by Crippen LogP contribution is -2.12. The molecule has 0 saturated heterocycles. The van der Waals surface area contributed by atoms with Crippen LogP contribution in [0.2, 0.25) is 0 Å². The summed E-state index contributed by atoms with van der Waals surface area (Å²) in [6, 6.07) is 0.292. The Kier molecular flexibility index (Phi) is 3.16. The minimum atomic E-state index is -4.97. The minimum absolute atomic E-state index is 0.000602. The summed E-state index contributed by atoms with van der Waals surface area (Å²) in [5, 5.41) is 1.87. The van der Waals surface area contributed by atoms with Gasteiger partial charge in [0.25, 0.3) is 0 Å². The van der Waals surface area contributed by atoms with Crippen LogP contribution in [0.25, 0.3) is 0 Å². The summed E-state index contributed by atoms with van der Waals surface area (Å²) in [5.41, 5.74) is -2.34. The van der Waals surface area contributed by atoms with E-state index in [1.807, 2.05) is 5.32 Å². The summed E-state index contributed by atoms with van der Waals surface area (Å²) in [5.74, 6) is -3.69. The third kappa shape index (κ3) is 2.68. The van der Waals surface area contributed by atoms with Crippen LogP contribution in [-0.4, -0.2) is 5.91 Å². The van der Waals surface area contributed by atoms with E-state index in [9.17, 15) is 26.7 Å². The largest absolute Gasteiger partial charge is 0.419 e. The molecule has 0 saturated carbocycles. The second kappa shape index (κ2) is 4.07. The number of alkyl halides is 3. The zero-order valence-corrected chi connectivity index (χ0v) is 7.95. The Morgan fingerprint density at radius 3 is 2.19 bits per heavy atom. The van der Waals surface area contributed by atoms with Gasteiger partial charge in [0.15, 0.2) is 0 Å². The van der Waals surface area contributed by atoms with E-state index in [0.29, 0.717) is 6.07 Å². The standard InChI is InChI=1S/C9H6F5NO/c1-4(16)15-8-3-6(10)5(2-7(8)11)9(12,13)14/h2-3H,1H3,(H,15,16). The van der Waals surface area contributed by atoms with Gasteiger partial charge in [-0.2, -0.15) is 13.2 Å². The highest BCUT2D eigenvalue weighted by molar-refractivity contribution is 5.88.